The molecule has 0 spiro atoms. The highest BCUT2D eigenvalue weighted by molar-refractivity contribution is 5.67. The minimum absolute atomic E-state index is 0.166. The van der Waals surface area contributed by atoms with Gasteiger partial charge in [0.1, 0.15) is 6.61 Å². The van der Waals surface area contributed by atoms with Gasteiger partial charge in [-0.3, -0.25) is 4.79 Å². The molecule has 0 aliphatic heterocycles. The van der Waals surface area contributed by atoms with Crippen molar-refractivity contribution in [3.63, 3.8) is 0 Å². The molecule has 0 atom stereocenters. The first-order chi connectivity index (χ1) is 6.54. The Kier molecular flexibility index (Phi) is 13.0. The van der Waals surface area contributed by atoms with Gasteiger partial charge in [0.25, 0.3) is 0 Å². The number of carboxylic acids is 2. The highest BCUT2D eigenvalue weighted by Gasteiger charge is 1.94. The van der Waals surface area contributed by atoms with Crippen LogP contribution in [0.25, 0.3) is 0 Å². The van der Waals surface area contributed by atoms with Crippen LogP contribution in [0, 0.1) is 0 Å². The number of carbonyl (C=O) groups is 2. The first-order valence-corrected chi connectivity index (χ1v) is 4.20. The van der Waals surface area contributed by atoms with Gasteiger partial charge in [-0.1, -0.05) is 6.42 Å². The standard InChI is InChI=1S/C6H12O3.C2H4O3/c7-5-3-1-2-4-6(8)9;3-1-2(4)5/h7H,1-5H2,(H,8,9);3H,1H2,(H,4,5). The molecular formula is C8H16O6. The van der Waals surface area contributed by atoms with E-state index in [1.165, 1.54) is 0 Å². The molecule has 0 heterocycles. The third-order valence-corrected chi connectivity index (χ3v) is 1.18. The van der Waals surface area contributed by atoms with E-state index in [2.05, 4.69) is 0 Å². The molecular weight excluding hydrogens is 192 g/mol. The summed E-state index contributed by atoms with van der Waals surface area (Å²) < 4.78 is 0. The second kappa shape index (κ2) is 11.9. The Labute approximate surface area is 81.8 Å². The molecule has 6 nitrogen and oxygen atoms in total. The van der Waals surface area contributed by atoms with Gasteiger partial charge in [-0.15, -0.1) is 0 Å². The van der Waals surface area contributed by atoms with Crippen molar-refractivity contribution in [3.8, 4) is 0 Å². The van der Waals surface area contributed by atoms with Gasteiger partial charge in [-0.05, 0) is 12.8 Å². The number of carboxylic acid groups (broad SMARTS) is 2. The average molecular weight is 208 g/mol. The maximum atomic E-state index is 9.90. The second-order valence-corrected chi connectivity index (χ2v) is 2.48. The molecule has 0 aromatic carbocycles. The summed E-state index contributed by atoms with van der Waals surface area (Å²) in [6.07, 6.45) is 2.42. The van der Waals surface area contributed by atoms with Gasteiger partial charge < -0.3 is 20.4 Å². The normalized spacial score (nSPS) is 8.71. The Morgan fingerprint density at radius 1 is 0.857 bits per heavy atom. The molecule has 0 saturated carbocycles. The topological polar surface area (TPSA) is 115 Å². The molecule has 0 radical (unpaired) electrons. The lowest BCUT2D eigenvalue weighted by atomic mass is 10.2. The van der Waals surface area contributed by atoms with Crippen LogP contribution < -0.4 is 0 Å². The van der Waals surface area contributed by atoms with E-state index in [9.17, 15) is 4.79 Å². The van der Waals surface area contributed by atoms with Crippen LogP contribution in [-0.2, 0) is 9.59 Å². The average Bonchev–Trinajstić information content (AvgIpc) is 2.13. The highest BCUT2D eigenvalue weighted by atomic mass is 16.4. The van der Waals surface area contributed by atoms with Gasteiger partial charge in [0.05, 0.1) is 0 Å². The van der Waals surface area contributed by atoms with Crippen LogP contribution in [0.15, 0.2) is 0 Å². The SMILES string of the molecule is O=C(O)CCCCCO.O=C(O)CO. The number of aliphatic hydroxyl groups is 2. The molecule has 14 heavy (non-hydrogen) atoms. The summed E-state index contributed by atoms with van der Waals surface area (Å²) in [5, 5.41) is 31.5. The van der Waals surface area contributed by atoms with E-state index in [4.69, 9.17) is 25.2 Å². The first-order valence-electron chi connectivity index (χ1n) is 4.20. The van der Waals surface area contributed by atoms with Gasteiger partial charge in [0.2, 0.25) is 0 Å². The zero-order valence-electron chi connectivity index (χ0n) is 7.85. The number of aliphatic carboxylic acids is 2. The molecule has 0 unspecified atom stereocenters. The highest BCUT2D eigenvalue weighted by Crippen LogP contribution is 1.97. The summed E-state index contributed by atoms with van der Waals surface area (Å²) in [5.74, 6) is -1.95. The lowest BCUT2D eigenvalue weighted by Gasteiger charge is -1.92. The molecule has 0 aliphatic rings. The molecule has 0 saturated heterocycles. The maximum absolute atomic E-state index is 9.90. The molecule has 0 aliphatic carbocycles. The van der Waals surface area contributed by atoms with E-state index in [0.29, 0.717) is 12.8 Å². The predicted molar refractivity (Wildman–Crippen MR) is 47.9 cm³/mol. The van der Waals surface area contributed by atoms with E-state index in [1.807, 2.05) is 0 Å². The van der Waals surface area contributed by atoms with E-state index in [0.717, 1.165) is 6.42 Å². The fraction of sp³-hybridized carbons (Fsp3) is 0.750. The largest absolute Gasteiger partial charge is 0.481 e. The van der Waals surface area contributed by atoms with Gasteiger partial charge in [-0.2, -0.15) is 0 Å². The van der Waals surface area contributed by atoms with Crippen molar-refractivity contribution in [1.82, 2.24) is 0 Å². The van der Waals surface area contributed by atoms with Crippen molar-refractivity contribution in [2.45, 2.75) is 25.7 Å². The summed E-state index contributed by atoms with van der Waals surface area (Å²) in [6, 6.07) is 0. The van der Waals surface area contributed by atoms with Crippen LogP contribution in [0.1, 0.15) is 25.7 Å². The fourth-order valence-electron chi connectivity index (χ4n) is 0.565. The Morgan fingerprint density at radius 3 is 1.64 bits per heavy atom. The van der Waals surface area contributed by atoms with E-state index in [-0.39, 0.29) is 13.0 Å². The number of unbranched alkanes of at least 4 members (excludes halogenated alkanes) is 2. The van der Waals surface area contributed by atoms with Crippen LogP contribution in [0.5, 0.6) is 0 Å². The number of rotatable bonds is 6. The van der Waals surface area contributed by atoms with Gasteiger partial charge in [0.15, 0.2) is 0 Å². The zero-order valence-corrected chi connectivity index (χ0v) is 7.85. The third kappa shape index (κ3) is 22.4. The van der Waals surface area contributed by atoms with Crippen LogP contribution in [0.3, 0.4) is 0 Å². The Morgan fingerprint density at radius 2 is 1.36 bits per heavy atom. The number of hydrogen-bond donors (Lipinski definition) is 4. The molecule has 0 rings (SSSR count). The predicted octanol–water partition coefficient (Wildman–Crippen LogP) is -0.313. The van der Waals surface area contributed by atoms with Crippen molar-refractivity contribution in [1.29, 1.82) is 0 Å². The van der Waals surface area contributed by atoms with Crippen molar-refractivity contribution in [2.24, 2.45) is 0 Å². The Bertz CT molecular complexity index is 156. The zero-order chi connectivity index (χ0) is 11.4. The number of aliphatic hydroxyl groups excluding tert-OH is 2. The van der Waals surface area contributed by atoms with E-state index in [1.54, 1.807) is 0 Å². The lowest BCUT2D eigenvalue weighted by Crippen LogP contribution is -1.98. The minimum atomic E-state index is -1.19. The lowest BCUT2D eigenvalue weighted by molar-refractivity contribution is -0.140. The van der Waals surface area contributed by atoms with E-state index < -0.39 is 18.5 Å². The summed E-state index contributed by atoms with van der Waals surface area (Å²) in [6.45, 7) is -0.611. The van der Waals surface area contributed by atoms with Crippen LogP contribution >= 0.6 is 0 Å². The monoisotopic (exact) mass is 208 g/mol. The van der Waals surface area contributed by atoms with Crippen molar-refractivity contribution in [3.05, 3.63) is 0 Å². The molecule has 6 heteroatoms. The molecule has 0 aromatic rings. The van der Waals surface area contributed by atoms with Crippen molar-refractivity contribution < 1.29 is 30.0 Å². The molecule has 84 valence electrons. The summed E-state index contributed by atoms with van der Waals surface area (Å²) in [4.78, 5) is 19.0. The first kappa shape index (κ1) is 15.3. The van der Waals surface area contributed by atoms with Crippen LogP contribution in [0.4, 0.5) is 0 Å². The van der Waals surface area contributed by atoms with Gasteiger partial charge in [-0.25, -0.2) is 4.79 Å². The Hall–Kier alpha value is -1.14. The molecule has 4 N–H and O–H groups in total. The molecule has 0 fully saturated rings. The summed E-state index contributed by atoms with van der Waals surface area (Å²) in [5.41, 5.74) is 0. The second-order valence-electron chi connectivity index (χ2n) is 2.48. The van der Waals surface area contributed by atoms with E-state index >= 15 is 0 Å². The summed E-state index contributed by atoms with van der Waals surface area (Å²) in [7, 11) is 0. The Balaban J connectivity index is 0. The smallest absolute Gasteiger partial charge is 0.329 e. The number of hydrogen-bond acceptors (Lipinski definition) is 4. The summed E-state index contributed by atoms with van der Waals surface area (Å²) >= 11 is 0. The van der Waals surface area contributed by atoms with Crippen LogP contribution in [-0.4, -0.2) is 45.6 Å². The van der Waals surface area contributed by atoms with Gasteiger partial charge in [0, 0.05) is 13.0 Å². The fourth-order valence-corrected chi connectivity index (χ4v) is 0.565. The third-order valence-electron chi connectivity index (χ3n) is 1.18. The molecule has 0 aromatic heterocycles. The van der Waals surface area contributed by atoms with Crippen LogP contribution in [0.2, 0.25) is 0 Å². The van der Waals surface area contributed by atoms with Gasteiger partial charge >= 0.3 is 11.9 Å². The van der Waals surface area contributed by atoms with Crippen molar-refractivity contribution in [2.75, 3.05) is 13.2 Å². The quantitative estimate of drug-likeness (QED) is 0.445. The molecule has 0 bridgehead atoms. The molecule has 0 amide bonds. The maximum Gasteiger partial charge on any atom is 0.329 e. The van der Waals surface area contributed by atoms with Crippen molar-refractivity contribution >= 4 is 11.9 Å². The minimum Gasteiger partial charge on any atom is -0.481 e.